The quantitative estimate of drug-likeness (QED) is 0.233. The van der Waals surface area contributed by atoms with Gasteiger partial charge < -0.3 is 10.4 Å². The van der Waals surface area contributed by atoms with Crippen LogP contribution in [0.1, 0.15) is 22.7 Å². The molecule has 1 aliphatic carbocycles. The number of halogens is 2. The second-order valence-electron chi connectivity index (χ2n) is 6.82. The monoisotopic (exact) mass is 381 g/mol. The Bertz CT molecular complexity index is 729. The van der Waals surface area contributed by atoms with E-state index in [1.807, 2.05) is 6.07 Å². The third-order valence-electron chi connectivity index (χ3n) is 4.03. The predicted molar refractivity (Wildman–Crippen MR) is 102 cm³/mol. The van der Waals surface area contributed by atoms with Crippen LogP contribution in [0.4, 0.5) is 0 Å². The van der Waals surface area contributed by atoms with E-state index in [0.29, 0.717) is 5.57 Å². The smallest absolute Gasteiger partial charge is 0.251 e. The molecule has 6 heteroatoms. The molecule has 3 nitrogen and oxygen atoms in total. The van der Waals surface area contributed by atoms with Crippen LogP contribution in [0.3, 0.4) is 0 Å². The van der Waals surface area contributed by atoms with Gasteiger partial charge in [0.1, 0.15) is 8.07 Å². The van der Waals surface area contributed by atoms with Gasteiger partial charge in [-0.1, -0.05) is 37.7 Å². The summed E-state index contributed by atoms with van der Waals surface area (Å²) >= 11 is 9.53. The maximum atomic E-state index is 11.8. The van der Waals surface area contributed by atoms with Gasteiger partial charge in [0.05, 0.1) is 23.2 Å². The summed E-state index contributed by atoms with van der Waals surface area (Å²) in [6, 6.07) is 6.10. The molecule has 1 aliphatic heterocycles. The van der Waals surface area contributed by atoms with E-state index in [1.54, 1.807) is 0 Å². The Morgan fingerprint density at radius 3 is 2.62 bits per heavy atom. The zero-order valence-corrected chi connectivity index (χ0v) is 16.5. The number of hydrogen-bond acceptors (Lipinski definition) is 2. The van der Waals surface area contributed by atoms with Crippen LogP contribution in [0, 0.1) is 17.4 Å². The summed E-state index contributed by atoms with van der Waals surface area (Å²) in [7, 11) is -1.41. The first-order chi connectivity index (χ1) is 11.3. The van der Waals surface area contributed by atoms with E-state index in [1.165, 1.54) is 5.56 Å². The first-order valence-corrected chi connectivity index (χ1v) is 12.3. The number of amides is 1. The fourth-order valence-electron chi connectivity index (χ4n) is 3.07. The van der Waals surface area contributed by atoms with Gasteiger partial charge in [-0.05, 0) is 23.6 Å². The number of carbonyl (C=O) groups excluding carboxylic acids is 1. The molecule has 2 aliphatic rings. The SMILES string of the molecule is C[Si](C)(C)C#Cc1cccc2c1CC1/C(=C/O)C(=O)NC21.ClCCl. The highest BCUT2D eigenvalue weighted by molar-refractivity contribution is 6.83. The molecule has 0 aromatic heterocycles. The Hall–Kier alpha value is -1.41. The molecule has 1 aromatic rings. The number of nitrogens with one attached hydrogen (secondary N) is 1. The summed E-state index contributed by atoms with van der Waals surface area (Å²) in [4.78, 5) is 11.8. The molecular weight excluding hydrogens is 361 g/mol. The van der Waals surface area contributed by atoms with Crippen molar-refractivity contribution < 1.29 is 9.90 Å². The summed E-state index contributed by atoms with van der Waals surface area (Å²) in [6.07, 6.45) is 1.72. The highest BCUT2D eigenvalue weighted by Gasteiger charge is 2.44. The number of alkyl halides is 2. The van der Waals surface area contributed by atoms with Crippen LogP contribution in [0.5, 0.6) is 0 Å². The van der Waals surface area contributed by atoms with Crippen LogP contribution >= 0.6 is 23.2 Å². The molecule has 0 bridgehead atoms. The topological polar surface area (TPSA) is 49.3 Å². The fourth-order valence-corrected chi connectivity index (χ4v) is 3.58. The van der Waals surface area contributed by atoms with Crippen LogP contribution < -0.4 is 5.32 Å². The molecule has 1 fully saturated rings. The van der Waals surface area contributed by atoms with Crippen molar-refractivity contribution in [2.75, 3.05) is 5.34 Å². The lowest BCUT2D eigenvalue weighted by Gasteiger charge is -2.09. The number of aliphatic hydroxyl groups is 1. The molecule has 2 N–H and O–H groups in total. The molecule has 3 rings (SSSR count). The molecule has 128 valence electrons. The third kappa shape index (κ3) is 3.97. The van der Waals surface area contributed by atoms with Crippen LogP contribution in [0.2, 0.25) is 19.6 Å². The number of aliphatic hydroxyl groups excluding tert-OH is 1. The van der Waals surface area contributed by atoms with Crippen molar-refractivity contribution in [3.8, 4) is 11.5 Å². The highest BCUT2D eigenvalue weighted by atomic mass is 35.5. The van der Waals surface area contributed by atoms with Crippen molar-refractivity contribution in [1.82, 2.24) is 5.32 Å². The number of hydrogen-bond donors (Lipinski definition) is 2. The molecular formula is C18H21Cl2NO2Si. The zero-order valence-electron chi connectivity index (χ0n) is 14.0. The van der Waals surface area contributed by atoms with Gasteiger partial charge in [0.2, 0.25) is 0 Å². The summed E-state index contributed by atoms with van der Waals surface area (Å²) in [5, 5.41) is 12.5. The number of rotatable bonds is 0. The van der Waals surface area contributed by atoms with Crippen molar-refractivity contribution in [3.63, 3.8) is 0 Å². The van der Waals surface area contributed by atoms with Crippen LogP contribution in [-0.4, -0.2) is 24.4 Å². The number of fused-ring (bicyclic) bond motifs is 3. The number of carbonyl (C=O) groups is 1. The van der Waals surface area contributed by atoms with Gasteiger partial charge >= 0.3 is 0 Å². The Kier molecular flexibility index (Phi) is 6.03. The lowest BCUT2D eigenvalue weighted by molar-refractivity contribution is -0.116. The van der Waals surface area contributed by atoms with Gasteiger partial charge in [-0.3, -0.25) is 4.79 Å². The zero-order chi connectivity index (χ0) is 17.9. The van der Waals surface area contributed by atoms with E-state index in [2.05, 4.69) is 48.6 Å². The van der Waals surface area contributed by atoms with Crippen molar-refractivity contribution >= 4 is 37.2 Å². The highest BCUT2D eigenvalue weighted by Crippen LogP contribution is 2.44. The average Bonchev–Trinajstić information content (AvgIpc) is 3.00. The lowest BCUT2D eigenvalue weighted by Crippen LogP contribution is -2.19. The molecule has 0 radical (unpaired) electrons. The second kappa shape index (κ2) is 7.65. The van der Waals surface area contributed by atoms with Crippen LogP contribution in [0.15, 0.2) is 30.0 Å². The Morgan fingerprint density at radius 2 is 2.04 bits per heavy atom. The number of benzene rings is 1. The first kappa shape index (κ1) is 18.9. The largest absolute Gasteiger partial charge is 0.515 e. The van der Waals surface area contributed by atoms with Gasteiger partial charge in [0.25, 0.3) is 5.91 Å². The van der Waals surface area contributed by atoms with Crippen LogP contribution in [0.25, 0.3) is 0 Å². The van der Waals surface area contributed by atoms with Crippen molar-refractivity contribution in [3.05, 3.63) is 46.7 Å². The minimum absolute atomic E-state index is 0.0143. The molecule has 0 spiro atoms. The van der Waals surface area contributed by atoms with Crippen molar-refractivity contribution in [1.29, 1.82) is 0 Å². The molecule has 1 amide bonds. The Morgan fingerprint density at radius 1 is 1.38 bits per heavy atom. The van der Waals surface area contributed by atoms with Gasteiger partial charge in [-0.15, -0.1) is 28.7 Å². The molecule has 1 aromatic carbocycles. The molecule has 1 heterocycles. The fraction of sp³-hybridized carbons (Fsp3) is 0.389. The van der Waals surface area contributed by atoms with Gasteiger partial charge in [-0.2, -0.15) is 0 Å². The average molecular weight is 382 g/mol. The van der Waals surface area contributed by atoms with E-state index >= 15 is 0 Å². The molecule has 2 unspecified atom stereocenters. The van der Waals surface area contributed by atoms with E-state index < -0.39 is 8.07 Å². The van der Waals surface area contributed by atoms with Crippen LogP contribution in [-0.2, 0) is 11.2 Å². The normalized spacial score (nSPS) is 22.7. The minimum atomic E-state index is -1.41. The maximum absolute atomic E-state index is 11.8. The lowest BCUT2D eigenvalue weighted by atomic mass is 9.97. The Labute approximate surface area is 154 Å². The summed E-state index contributed by atoms with van der Waals surface area (Å²) in [6.45, 7) is 6.68. The standard InChI is InChI=1S/C17H19NO2Si.CH2Cl2/c1-21(2,3)8-7-11-5-4-6-12-13(11)9-14-15(10-19)17(20)18-16(12)14;2-1-3/h4-6,10,14,16,19H,9H2,1-3H3,(H,18,20);1H2/b15-10-;. The van der Waals surface area contributed by atoms with E-state index in [9.17, 15) is 9.90 Å². The second-order valence-corrected chi connectivity index (χ2v) is 12.4. The maximum Gasteiger partial charge on any atom is 0.251 e. The summed E-state index contributed by atoms with van der Waals surface area (Å²) < 4.78 is 0. The summed E-state index contributed by atoms with van der Waals surface area (Å²) in [5.74, 6) is 3.21. The third-order valence-corrected chi connectivity index (χ3v) is 4.91. The minimum Gasteiger partial charge on any atom is -0.515 e. The van der Waals surface area contributed by atoms with E-state index in [4.69, 9.17) is 23.2 Å². The predicted octanol–water partition coefficient (Wildman–Crippen LogP) is 4.12. The molecule has 2 atom stereocenters. The molecule has 0 saturated carbocycles. The summed E-state index contributed by atoms with van der Waals surface area (Å²) in [5.41, 5.74) is 7.32. The van der Waals surface area contributed by atoms with Gasteiger partial charge in [-0.25, -0.2) is 0 Å². The van der Waals surface area contributed by atoms with Crippen molar-refractivity contribution in [2.45, 2.75) is 32.1 Å². The van der Waals surface area contributed by atoms with Gasteiger partial charge in [0, 0.05) is 11.5 Å². The molecule has 24 heavy (non-hydrogen) atoms. The first-order valence-electron chi connectivity index (χ1n) is 7.74. The Balaban J connectivity index is 0.000000647. The van der Waals surface area contributed by atoms with E-state index in [-0.39, 0.29) is 23.2 Å². The molecule has 1 saturated heterocycles. The van der Waals surface area contributed by atoms with Gasteiger partial charge in [0.15, 0.2) is 0 Å². The van der Waals surface area contributed by atoms with E-state index in [0.717, 1.165) is 23.8 Å². The van der Waals surface area contributed by atoms with Crippen molar-refractivity contribution in [2.24, 2.45) is 5.92 Å².